The molecule has 1 aromatic carbocycles. The van der Waals surface area contributed by atoms with Crippen molar-refractivity contribution in [2.45, 2.75) is 37.0 Å². The van der Waals surface area contributed by atoms with Gasteiger partial charge in [-0.3, -0.25) is 14.2 Å². The van der Waals surface area contributed by atoms with Gasteiger partial charge >= 0.3 is 25.2 Å². The van der Waals surface area contributed by atoms with Gasteiger partial charge in [0, 0.05) is 18.4 Å². The summed E-state index contributed by atoms with van der Waals surface area (Å²) < 4.78 is 38.1. The van der Waals surface area contributed by atoms with Gasteiger partial charge in [0.15, 0.2) is 0 Å². The van der Waals surface area contributed by atoms with E-state index in [2.05, 4.69) is 5.32 Å². The van der Waals surface area contributed by atoms with Gasteiger partial charge in [0.25, 0.3) is 0 Å². The first-order valence-corrected chi connectivity index (χ1v) is 9.40. The van der Waals surface area contributed by atoms with E-state index in [1.165, 1.54) is 0 Å². The number of aliphatic carboxylic acids is 2. The van der Waals surface area contributed by atoms with Crippen LogP contribution < -0.4 is 11.1 Å². The number of carbonyl (C=O) groups excluding carboxylic acids is 1. The maximum atomic E-state index is 13.6. The van der Waals surface area contributed by atoms with Crippen molar-refractivity contribution in [1.29, 1.82) is 0 Å². The zero-order chi connectivity index (χ0) is 21.7. The van der Waals surface area contributed by atoms with E-state index in [0.717, 1.165) is 24.3 Å². The number of benzene rings is 1. The average molecular weight is 424 g/mol. The summed E-state index contributed by atoms with van der Waals surface area (Å²) in [5.74, 6) is -3.51. The van der Waals surface area contributed by atoms with Crippen LogP contribution in [0.25, 0.3) is 0 Å². The van der Waals surface area contributed by atoms with Gasteiger partial charge in [0.2, 0.25) is 5.91 Å². The Hall–Kier alpha value is -2.40. The van der Waals surface area contributed by atoms with E-state index in [9.17, 15) is 32.8 Å². The molecule has 1 aromatic rings. The van der Waals surface area contributed by atoms with Crippen molar-refractivity contribution in [3.8, 4) is 0 Å². The lowest BCUT2D eigenvalue weighted by molar-refractivity contribution is -0.142. The van der Waals surface area contributed by atoms with Crippen LogP contribution in [0, 0.1) is 0 Å². The molecule has 156 valence electrons. The Morgan fingerprint density at radius 3 is 2.11 bits per heavy atom. The highest BCUT2D eigenvalue weighted by Crippen LogP contribution is 2.59. The summed E-state index contributed by atoms with van der Waals surface area (Å²) in [5.41, 5.74) is 0.334. The first-order chi connectivity index (χ1) is 12.8. The zero-order valence-corrected chi connectivity index (χ0v) is 15.2. The minimum absolute atomic E-state index is 0.192. The van der Waals surface area contributed by atoms with Crippen molar-refractivity contribution in [3.05, 3.63) is 35.4 Å². The molecule has 0 aliphatic carbocycles. The van der Waals surface area contributed by atoms with Crippen molar-refractivity contribution < 1.29 is 47.7 Å². The molecule has 2 atom stereocenters. The predicted molar refractivity (Wildman–Crippen MR) is 90.5 cm³/mol. The molecule has 13 heteroatoms. The standard InChI is InChI=1S/C15H19F2N2O8P/c16-15(17,28(25,26)27)9-3-1-8(2-4-9)7-11(14(23)24)19-13(22)10(18)5-6-12(20)21/h1-4,10-11H,5-7,18H2,(H,19,22)(H,20,21)(H,23,24)(H2,25,26,27)/t10-,11-/m0/s1. The first kappa shape index (κ1) is 23.6. The second-order valence-corrected chi connectivity index (χ2v) is 7.57. The van der Waals surface area contributed by atoms with Crippen molar-refractivity contribution in [3.63, 3.8) is 0 Å². The summed E-state index contributed by atoms with van der Waals surface area (Å²) in [5, 5.41) is 19.9. The molecule has 0 heterocycles. The van der Waals surface area contributed by atoms with E-state index in [-0.39, 0.29) is 24.8 Å². The lowest BCUT2D eigenvalue weighted by atomic mass is 10.0. The highest BCUT2D eigenvalue weighted by atomic mass is 31.2. The summed E-state index contributed by atoms with van der Waals surface area (Å²) in [4.78, 5) is 51.1. The Balaban J connectivity index is 2.85. The molecule has 0 unspecified atom stereocenters. The van der Waals surface area contributed by atoms with Gasteiger partial charge in [0.05, 0.1) is 6.04 Å². The SMILES string of the molecule is N[C@@H](CCC(=O)O)C(=O)N[C@@H](Cc1ccc(C(F)(F)P(=O)(O)O)cc1)C(=O)O. The molecule has 0 aliphatic rings. The molecule has 0 radical (unpaired) electrons. The maximum absolute atomic E-state index is 13.6. The Morgan fingerprint density at radius 1 is 1.14 bits per heavy atom. The fraction of sp³-hybridized carbons (Fsp3) is 0.400. The van der Waals surface area contributed by atoms with Crippen LogP contribution in [0.4, 0.5) is 8.78 Å². The quantitative estimate of drug-likeness (QED) is 0.286. The molecule has 0 fully saturated rings. The molecule has 28 heavy (non-hydrogen) atoms. The molecule has 0 aliphatic heterocycles. The minimum atomic E-state index is -5.73. The number of halogens is 2. The van der Waals surface area contributed by atoms with E-state index >= 15 is 0 Å². The normalized spacial score (nSPS) is 14.2. The number of amides is 1. The van der Waals surface area contributed by atoms with Gasteiger partial charge in [0.1, 0.15) is 6.04 Å². The highest BCUT2D eigenvalue weighted by Gasteiger charge is 2.50. The lowest BCUT2D eigenvalue weighted by Gasteiger charge is -2.19. The molecular weight excluding hydrogens is 405 g/mol. The molecule has 7 N–H and O–H groups in total. The van der Waals surface area contributed by atoms with E-state index < -0.39 is 48.8 Å². The lowest BCUT2D eigenvalue weighted by Crippen LogP contribution is -2.49. The number of carboxylic acid groups (broad SMARTS) is 2. The Labute approximate surface area is 157 Å². The van der Waals surface area contributed by atoms with Crippen LogP contribution in [-0.2, 0) is 31.0 Å². The largest absolute Gasteiger partial charge is 0.481 e. The zero-order valence-electron chi connectivity index (χ0n) is 14.3. The first-order valence-electron chi connectivity index (χ1n) is 7.79. The van der Waals surface area contributed by atoms with Crippen LogP contribution in [0.5, 0.6) is 0 Å². The number of carboxylic acids is 2. The number of nitrogens with one attached hydrogen (secondary N) is 1. The third-order valence-corrected chi connectivity index (χ3v) is 4.72. The van der Waals surface area contributed by atoms with Crippen molar-refractivity contribution in [1.82, 2.24) is 5.32 Å². The summed E-state index contributed by atoms with van der Waals surface area (Å²) in [6.07, 6.45) is -0.921. The molecule has 0 bridgehead atoms. The second-order valence-electron chi connectivity index (χ2n) is 5.92. The van der Waals surface area contributed by atoms with Gasteiger partial charge in [-0.15, -0.1) is 0 Å². The smallest absolute Gasteiger partial charge is 0.399 e. The van der Waals surface area contributed by atoms with E-state index in [4.69, 9.17) is 20.6 Å². The molecule has 0 saturated carbocycles. The minimum Gasteiger partial charge on any atom is -0.481 e. The van der Waals surface area contributed by atoms with Gasteiger partial charge in [-0.05, 0) is 12.0 Å². The number of carbonyl (C=O) groups is 3. The Kier molecular flexibility index (Phi) is 7.76. The number of alkyl halides is 2. The molecule has 0 spiro atoms. The number of rotatable bonds is 10. The van der Waals surface area contributed by atoms with Crippen LogP contribution in [0.1, 0.15) is 24.0 Å². The predicted octanol–water partition coefficient (Wildman–Crippen LogP) is 0.218. The fourth-order valence-corrected chi connectivity index (χ4v) is 2.62. The highest BCUT2D eigenvalue weighted by molar-refractivity contribution is 7.52. The molecule has 0 saturated heterocycles. The van der Waals surface area contributed by atoms with Crippen LogP contribution in [-0.4, -0.2) is 49.9 Å². The van der Waals surface area contributed by atoms with Gasteiger partial charge in [-0.1, -0.05) is 24.3 Å². The summed E-state index contributed by atoms with van der Waals surface area (Å²) in [6, 6.07) is 0.858. The van der Waals surface area contributed by atoms with Crippen LogP contribution in [0.2, 0.25) is 0 Å². The second kappa shape index (κ2) is 9.20. The molecular formula is C15H19F2N2O8P. The number of hydrogen-bond acceptors (Lipinski definition) is 5. The Morgan fingerprint density at radius 2 is 1.68 bits per heavy atom. The van der Waals surface area contributed by atoms with Crippen LogP contribution >= 0.6 is 7.60 Å². The molecule has 0 aromatic heterocycles. The average Bonchev–Trinajstić information content (AvgIpc) is 2.58. The molecule has 10 nitrogen and oxygen atoms in total. The number of nitrogens with two attached hydrogens (primary N) is 1. The van der Waals surface area contributed by atoms with Crippen molar-refractivity contribution >= 4 is 25.4 Å². The van der Waals surface area contributed by atoms with Gasteiger partial charge < -0.3 is 31.1 Å². The van der Waals surface area contributed by atoms with Gasteiger partial charge in [-0.25, -0.2) is 4.79 Å². The summed E-state index contributed by atoms with van der Waals surface area (Å²) >= 11 is 0. The van der Waals surface area contributed by atoms with E-state index in [0.29, 0.717) is 0 Å². The van der Waals surface area contributed by atoms with Crippen LogP contribution in [0.3, 0.4) is 0 Å². The van der Waals surface area contributed by atoms with E-state index in [1.54, 1.807) is 0 Å². The molecule has 1 rings (SSSR count). The maximum Gasteiger partial charge on any atom is 0.399 e. The number of hydrogen-bond donors (Lipinski definition) is 6. The fourth-order valence-electron chi connectivity index (χ4n) is 2.13. The molecule has 1 amide bonds. The van der Waals surface area contributed by atoms with Crippen LogP contribution in [0.15, 0.2) is 24.3 Å². The third kappa shape index (κ3) is 6.34. The topological polar surface area (TPSA) is 187 Å². The monoisotopic (exact) mass is 424 g/mol. The summed E-state index contributed by atoms with van der Waals surface area (Å²) in [7, 11) is -5.73. The van der Waals surface area contributed by atoms with Crippen molar-refractivity contribution in [2.24, 2.45) is 5.73 Å². The van der Waals surface area contributed by atoms with E-state index in [1.807, 2.05) is 0 Å². The third-order valence-electron chi connectivity index (χ3n) is 3.73. The van der Waals surface area contributed by atoms with Gasteiger partial charge in [-0.2, -0.15) is 8.78 Å². The van der Waals surface area contributed by atoms with Crippen molar-refractivity contribution in [2.75, 3.05) is 0 Å². The summed E-state index contributed by atoms with van der Waals surface area (Å²) in [6.45, 7) is 0. The Bertz CT molecular complexity index is 781.